The van der Waals surface area contributed by atoms with Crippen LogP contribution in [0.15, 0.2) is 6.20 Å². The fourth-order valence-corrected chi connectivity index (χ4v) is 2.68. The predicted octanol–water partition coefficient (Wildman–Crippen LogP) is 1.68. The molecule has 2 rings (SSSR count). The van der Waals surface area contributed by atoms with E-state index in [0.717, 1.165) is 24.3 Å². The van der Waals surface area contributed by atoms with Crippen LogP contribution in [-0.4, -0.2) is 47.6 Å². The van der Waals surface area contributed by atoms with Gasteiger partial charge in [0.1, 0.15) is 5.82 Å². The molecule has 1 atom stereocenters. The summed E-state index contributed by atoms with van der Waals surface area (Å²) in [4.78, 5) is 13.1. The van der Waals surface area contributed by atoms with Crippen molar-refractivity contribution in [2.45, 2.75) is 39.2 Å². The fraction of sp³-hybridized carbons (Fsp3) is 0.714. The van der Waals surface area contributed by atoms with Crippen LogP contribution >= 0.6 is 0 Å². The number of likely N-dealkylation sites (tertiary alicyclic amines) is 1. The second-order valence-corrected chi connectivity index (χ2v) is 5.54. The molecule has 5 heteroatoms. The molecule has 19 heavy (non-hydrogen) atoms. The molecule has 0 saturated carbocycles. The minimum absolute atomic E-state index is 0.347. The maximum Gasteiger partial charge on any atom is 0.221 e. The number of hydrogen-bond acceptors (Lipinski definition) is 5. The van der Waals surface area contributed by atoms with E-state index in [-0.39, 0.29) is 0 Å². The number of anilines is 2. The minimum Gasteiger partial charge on any atom is -0.368 e. The zero-order chi connectivity index (χ0) is 13.8. The van der Waals surface area contributed by atoms with Crippen LogP contribution in [0.1, 0.15) is 31.7 Å². The first-order chi connectivity index (χ1) is 9.08. The molecular formula is C14H25N5. The lowest BCUT2D eigenvalue weighted by atomic mass is 10.2. The van der Waals surface area contributed by atoms with Crippen molar-refractivity contribution in [2.24, 2.45) is 0 Å². The molecule has 0 unspecified atom stereocenters. The van der Waals surface area contributed by atoms with Crippen molar-refractivity contribution < 1.29 is 0 Å². The molecule has 0 spiro atoms. The molecule has 0 amide bonds. The van der Waals surface area contributed by atoms with Gasteiger partial charge in [0.05, 0.1) is 0 Å². The summed E-state index contributed by atoms with van der Waals surface area (Å²) in [5.74, 6) is 1.29. The van der Waals surface area contributed by atoms with E-state index in [2.05, 4.69) is 33.7 Å². The molecule has 1 aromatic rings. The second kappa shape index (κ2) is 6.19. The van der Waals surface area contributed by atoms with E-state index in [1.165, 1.54) is 25.9 Å². The Morgan fingerprint density at radius 2 is 2.11 bits per heavy atom. The van der Waals surface area contributed by atoms with E-state index in [9.17, 15) is 0 Å². The molecule has 0 aliphatic carbocycles. The Balaban J connectivity index is 1.89. The molecule has 1 fully saturated rings. The number of aromatic nitrogens is 2. The van der Waals surface area contributed by atoms with Crippen LogP contribution in [0.5, 0.6) is 0 Å². The molecular weight excluding hydrogens is 238 g/mol. The Kier molecular flexibility index (Phi) is 4.58. The number of aryl methyl sites for hydroxylation is 1. The Hall–Kier alpha value is -1.36. The predicted molar refractivity (Wildman–Crippen MR) is 79.3 cm³/mol. The summed E-state index contributed by atoms with van der Waals surface area (Å²) in [5.41, 5.74) is 6.74. The highest BCUT2D eigenvalue weighted by Gasteiger charge is 2.18. The monoisotopic (exact) mass is 263 g/mol. The molecule has 106 valence electrons. The molecule has 2 N–H and O–H groups in total. The van der Waals surface area contributed by atoms with Crippen molar-refractivity contribution in [2.75, 3.05) is 37.3 Å². The van der Waals surface area contributed by atoms with Gasteiger partial charge in [0.15, 0.2) is 0 Å². The summed E-state index contributed by atoms with van der Waals surface area (Å²) < 4.78 is 0. The summed E-state index contributed by atoms with van der Waals surface area (Å²) in [5, 5.41) is 0. The second-order valence-electron chi connectivity index (χ2n) is 5.54. The van der Waals surface area contributed by atoms with E-state index in [1.54, 1.807) is 6.20 Å². The highest BCUT2D eigenvalue weighted by molar-refractivity contribution is 5.47. The first kappa shape index (κ1) is 14.1. The number of nitrogen functional groups attached to an aromatic ring is 1. The first-order valence-electron chi connectivity index (χ1n) is 7.12. The Morgan fingerprint density at radius 3 is 2.79 bits per heavy atom. The number of hydrogen-bond donors (Lipinski definition) is 1. The van der Waals surface area contributed by atoms with Crippen molar-refractivity contribution in [1.29, 1.82) is 0 Å². The van der Waals surface area contributed by atoms with Gasteiger partial charge in [-0.05, 0) is 46.2 Å². The van der Waals surface area contributed by atoms with Crippen molar-refractivity contribution in [3.63, 3.8) is 0 Å². The normalized spacial score (nSPS) is 17.6. The lowest BCUT2D eigenvalue weighted by Crippen LogP contribution is -2.34. The van der Waals surface area contributed by atoms with E-state index in [0.29, 0.717) is 12.0 Å². The topological polar surface area (TPSA) is 58.3 Å². The van der Waals surface area contributed by atoms with Gasteiger partial charge in [-0.2, -0.15) is 4.98 Å². The van der Waals surface area contributed by atoms with E-state index in [4.69, 9.17) is 5.73 Å². The average Bonchev–Trinajstić information content (AvgIpc) is 2.92. The number of nitrogens with zero attached hydrogens (tertiary/aromatic N) is 4. The average molecular weight is 263 g/mol. The SMILES string of the molecule is Cc1cnc(N)nc1N(C)CC[C@@H](C)N1CCCC1. The largest absolute Gasteiger partial charge is 0.368 e. The van der Waals surface area contributed by atoms with Crippen molar-refractivity contribution in [3.8, 4) is 0 Å². The maximum absolute atomic E-state index is 5.66. The van der Waals surface area contributed by atoms with Gasteiger partial charge in [0, 0.05) is 31.4 Å². The summed E-state index contributed by atoms with van der Waals surface area (Å²) in [6, 6.07) is 0.643. The van der Waals surface area contributed by atoms with Crippen molar-refractivity contribution >= 4 is 11.8 Å². The summed E-state index contributed by atoms with van der Waals surface area (Å²) >= 11 is 0. The molecule has 1 aliphatic rings. The third-order valence-corrected chi connectivity index (χ3v) is 3.97. The van der Waals surface area contributed by atoms with Crippen molar-refractivity contribution in [3.05, 3.63) is 11.8 Å². The van der Waals surface area contributed by atoms with Crippen molar-refractivity contribution in [1.82, 2.24) is 14.9 Å². The molecule has 2 heterocycles. The van der Waals surface area contributed by atoms with E-state index >= 15 is 0 Å². The quantitative estimate of drug-likeness (QED) is 0.876. The fourth-order valence-electron chi connectivity index (χ4n) is 2.68. The molecule has 0 bridgehead atoms. The highest BCUT2D eigenvalue weighted by Crippen LogP contribution is 2.18. The molecule has 0 radical (unpaired) electrons. The summed E-state index contributed by atoms with van der Waals surface area (Å²) in [7, 11) is 2.07. The molecule has 1 aliphatic heterocycles. The number of rotatable bonds is 5. The van der Waals surface area contributed by atoms with Crippen LogP contribution in [0, 0.1) is 6.92 Å². The Labute approximate surface area is 115 Å². The zero-order valence-electron chi connectivity index (χ0n) is 12.3. The van der Waals surface area contributed by atoms with E-state index < -0.39 is 0 Å². The standard InChI is InChI=1S/C14H25N5/c1-11-10-16-14(15)17-13(11)18(3)9-6-12(2)19-7-4-5-8-19/h10,12H,4-9H2,1-3H3,(H2,15,16,17)/t12-/m1/s1. The van der Waals surface area contributed by atoms with Gasteiger partial charge < -0.3 is 15.5 Å². The highest BCUT2D eigenvalue weighted by atomic mass is 15.2. The van der Waals surface area contributed by atoms with Crippen LogP contribution < -0.4 is 10.6 Å². The molecule has 1 aromatic heterocycles. The lowest BCUT2D eigenvalue weighted by molar-refractivity contribution is 0.249. The summed E-state index contributed by atoms with van der Waals surface area (Å²) in [6.45, 7) is 7.85. The molecule has 0 aromatic carbocycles. The van der Waals surface area contributed by atoms with Crippen LogP contribution in [-0.2, 0) is 0 Å². The third-order valence-electron chi connectivity index (χ3n) is 3.97. The Morgan fingerprint density at radius 1 is 1.42 bits per heavy atom. The minimum atomic E-state index is 0.347. The van der Waals surface area contributed by atoms with Crippen LogP contribution in [0.4, 0.5) is 11.8 Å². The summed E-state index contributed by atoms with van der Waals surface area (Å²) in [6.07, 6.45) is 5.64. The smallest absolute Gasteiger partial charge is 0.221 e. The van der Waals surface area contributed by atoms with Gasteiger partial charge in [-0.1, -0.05) is 0 Å². The molecule has 5 nitrogen and oxygen atoms in total. The van der Waals surface area contributed by atoms with Crippen LogP contribution in [0.25, 0.3) is 0 Å². The van der Waals surface area contributed by atoms with Crippen LogP contribution in [0.2, 0.25) is 0 Å². The maximum atomic E-state index is 5.66. The molecule has 1 saturated heterocycles. The lowest BCUT2D eigenvalue weighted by Gasteiger charge is -2.27. The van der Waals surface area contributed by atoms with Gasteiger partial charge >= 0.3 is 0 Å². The van der Waals surface area contributed by atoms with Gasteiger partial charge in [-0.3, -0.25) is 0 Å². The first-order valence-corrected chi connectivity index (χ1v) is 7.12. The van der Waals surface area contributed by atoms with E-state index in [1.807, 2.05) is 6.92 Å². The number of nitrogens with two attached hydrogens (primary N) is 1. The van der Waals surface area contributed by atoms with Gasteiger partial charge in [-0.25, -0.2) is 4.98 Å². The van der Waals surface area contributed by atoms with Crippen LogP contribution in [0.3, 0.4) is 0 Å². The van der Waals surface area contributed by atoms with Gasteiger partial charge in [0.2, 0.25) is 5.95 Å². The Bertz CT molecular complexity index is 414. The van der Waals surface area contributed by atoms with Gasteiger partial charge in [-0.15, -0.1) is 0 Å². The third kappa shape index (κ3) is 3.56. The van der Waals surface area contributed by atoms with Gasteiger partial charge in [0.25, 0.3) is 0 Å². The zero-order valence-corrected chi connectivity index (χ0v) is 12.3.